The van der Waals surface area contributed by atoms with Crippen molar-refractivity contribution >= 4 is 0 Å². The summed E-state index contributed by atoms with van der Waals surface area (Å²) in [6, 6.07) is 6.85. The van der Waals surface area contributed by atoms with Crippen LogP contribution >= 0.6 is 0 Å². The Balaban J connectivity index is 1.77. The van der Waals surface area contributed by atoms with E-state index in [1.165, 1.54) is 25.0 Å². The third-order valence-corrected chi connectivity index (χ3v) is 4.03. The molecule has 1 heterocycles. The summed E-state index contributed by atoms with van der Waals surface area (Å²) in [5, 5.41) is 3.73. The molecule has 1 fully saturated rings. The van der Waals surface area contributed by atoms with Crippen molar-refractivity contribution in [2.75, 3.05) is 6.54 Å². The van der Waals surface area contributed by atoms with Gasteiger partial charge in [0.2, 0.25) is 0 Å². The minimum absolute atomic E-state index is 0.701. The summed E-state index contributed by atoms with van der Waals surface area (Å²) < 4.78 is 0. The summed E-state index contributed by atoms with van der Waals surface area (Å²) in [6.45, 7) is 5.82. The van der Waals surface area contributed by atoms with Crippen molar-refractivity contribution in [1.82, 2.24) is 10.3 Å². The van der Waals surface area contributed by atoms with Crippen LogP contribution in [0.25, 0.3) is 0 Å². The highest BCUT2D eigenvalue weighted by atomic mass is 14.9. The summed E-state index contributed by atoms with van der Waals surface area (Å²) in [6.07, 6.45) is 7.08. The van der Waals surface area contributed by atoms with Crippen molar-refractivity contribution < 1.29 is 0 Å². The first kappa shape index (κ1) is 12.6. The number of hydrogen-bond donors (Lipinski definition) is 1. The number of nitrogens with one attached hydrogen (secondary N) is 1. The molecule has 2 atom stereocenters. The van der Waals surface area contributed by atoms with Crippen molar-refractivity contribution in [3.05, 3.63) is 30.1 Å². The van der Waals surface area contributed by atoms with E-state index in [-0.39, 0.29) is 0 Å². The molecule has 0 radical (unpaired) electrons. The van der Waals surface area contributed by atoms with Gasteiger partial charge in [-0.1, -0.05) is 26.3 Å². The first-order valence-corrected chi connectivity index (χ1v) is 6.90. The molecule has 1 aliphatic rings. The van der Waals surface area contributed by atoms with Gasteiger partial charge in [0.05, 0.1) is 0 Å². The van der Waals surface area contributed by atoms with Gasteiger partial charge in [0.25, 0.3) is 0 Å². The smallest absolute Gasteiger partial charge is 0.0416 e. The number of pyridine rings is 1. The largest absolute Gasteiger partial charge is 0.313 e. The summed E-state index contributed by atoms with van der Waals surface area (Å²) in [5.74, 6) is 1.64. The minimum Gasteiger partial charge on any atom is -0.313 e. The first-order chi connectivity index (χ1) is 8.27. The van der Waals surface area contributed by atoms with Crippen LogP contribution < -0.4 is 5.32 Å². The zero-order chi connectivity index (χ0) is 12.1. The van der Waals surface area contributed by atoms with Gasteiger partial charge in [0.1, 0.15) is 0 Å². The van der Waals surface area contributed by atoms with Crippen LogP contribution in [0, 0.1) is 11.8 Å². The Morgan fingerprint density at radius 1 is 1.24 bits per heavy atom. The average molecular weight is 232 g/mol. The summed E-state index contributed by atoms with van der Waals surface area (Å²) >= 11 is 0. The Morgan fingerprint density at radius 2 is 2.00 bits per heavy atom. The van der Waals surface area contributed by atoms with E-state index in [1.807, 2.05) is 12.3 Å². The monoisotopic (exact) mass is 232 g/mol. The Morgan fingerprint density at radius 3 is 2.65 bits per heavy atom. The van der Waals surface area contributed by atoms with Crippen LogP contribution in [0.4, 0.5) is 0 Å². The minimum atomic E-state index is 0.701. The predicted molar refractivity (Wildman–Crippen MR) is 71.9 cm³/mol. The molecular formula is C15H24N2. The van der Waals surface area contributed by atoms with E-state index in [0.29, 0.717) is 6.04 Å². The number of aromatic nitrogens is 1. The Hall–Kier alpha value is -0.890. The van der Waals surface area contributed by atoms with Crippen LogP contribution in [0.15, 0.2) is 24.4 Å². The number of nitrogens with zero attached hydrogens (tertiary/aromatic N) is 1. The van der Waals surface area contributed by atoms with Crippen LogP contribution in [-0.4, -0.2) is 17.6 Å². The molecule has 94 valence electrons. The maximum atomic E-state index is 4.36. The lowest BCUT2D eigenvalue weighted by Gasteiger charge is -2.35. The number of hydrogen-bond acceptors (Lipinski definition) is 2. The van der Waals surface area contributed by atoms with Crippen molar-refractivity contribution in [1.29, 1.82) is 0 Å². The second-order valence-electron chi connectivity index (χ2n) is 5.44. The van der Waals surface area contributed by atoms with Gasteiger partial charge >= 0.3 is 0 Å². The summed E-state index contributed by atoms with van der Waals surface area (Å²) in [4.78, 5) is 4.36. The molecule has 1 saturated carbocycles. The molecule has 0 spiro atoms. The average Bonchev–Trinajstić information content (AvgIpc) is 2.34. The zero-order valence-electron chi connectivity index (χ0n) is 11.0. The molecule has 1 N–H and O–H groups in total. The van der Waals surface area contributed by atoms with Crippen LogP contribution in [0.3, 0.4) is 0 Å². The molecule has 0 saturated heterocycles. The second-order valence-corrected chi connectivity index (χ2v) is 5.44. The SMILES string of the molecule is CC1CCCC(C)C1NCCc1ccccn1. The lowest BCUT2D eigenvalue weighted by atomic mass is 9.79. The topological polar surface area (TPSA) is 24.9 Å². The normalized spacial score (nSPS) is 29.2. The quantitative estimate of drug-likeness (QED) is 0.863. The van der Waals surface area contributed by atoms with Gasteiger partial charge in [-0.2, -0.15) is 0 Å². The number of rotatable bonds is 4. The maximum Gasteiger partial charge on any atom is 0.0416 e. The lowest BCUT2D eigenvalue weighted by Crippen LogP contribution is -2.43. The molecule has 1 aliphatic carbocycles. The Kier molecular flexibility index (Phi) is 4.55. The molecule has 0 amide bonds. The van der Waals surface area contributed by atoms with Gasteiger partial charge in [-0.05, 0) is 36.8 Å². The molecule has 0 bridgehead atoms. The molecular weight excluding hydrogens is 208 g/mol. The van der Waals surface area contributed by atoms with Crippen LogP contribution in [0.1, 0.15) is 38.8 Å². The van der Waals surface area contributed by atoms with Gasteiger partial charge in [-0.3, -0.25) is 4.98 Å². The summed E-state index contributed by atoms with van der Waals surface area (Å²) in [5.41, 5.74) is 1.19. The molecule has 17 heavy (non-hydrogen) atoms. The van der Waals surface area contributed by atoms with E-state index in [1.54, 1.807) is 0 Å². The molecule has 2 heteroatoms. The van der Waals surface area contributed by atoms with Gasteiger partial charge < -0.3 is 5.32 Å². The van der Waals surface area contributed by atoms with Crippen molar-refractivity contribution in [3.63, 3.8) is 0 Å². The first-order valence-electron chi connectivity index (χ1n) is 6.90. The molecule has 2 rings (SSSR count). The Bertz CT molecular complexity index is 313. The van der Waals surface area contributed by atoms with Crippen LogP contribution in [0.5, 0.6) is 0 Å². The van der Waals surface area contributed by atoms with E-state index in [2.05, 4.69) is 36.3 Å². The molecule has 2 unspecified atom stereocenters. The third-order valence-electron chi connectivity index (χ3n) is 4.03. The van der Waals surface area contributed by atoms with Gasteiger partial charge in [0.15, 0.2) is 0 Å². The van der Waals surface area contributed by atoms with Crippen LogP contribution in [0.2, 0.25) is 0 Å². The van der Waals surface area contributed by atoms with Crippen LogP contribution in [-0.2, 0) is 6.42 Å². The molecule has 1 aromatic rings. The highest BCUT2D eigenvalue weighted by molar-refractivity contribution is 5.03. The molecule has 0 aromatic carbocycles. The van der Waals surface area contributed by atoms with Crippen molar-refractivity contribution in [2.45, 2.75) is 45.6 Å². The predicted octanol–water partition coefficient (Wildman–Crippen LogP) is 3.04. The van der Waals surface area contributed by atoms with Crippen molar-refractivity contribution in [3.8, 4) is 0 Å². The van der Waals surface area contributed by atoms with Gasteiger partial charge in [-0.15, -0.1) is 0 Å². The fourth-order valence-corrected chi connectivity index (χ4v) is 3.00. The summed E-state index contributed by atoms with van der Waals surface area (Å²) in [7, 11) is 0. The highest BCUT2D eigenvalue weighted by Crippen LogP contribution is 2.28. The van der Waals surface area contributed by atoms with E-state index in [4.69, 9.17) is 0 Å². The van der Waals surface area contributed by atoms with E-state index < -0.39 is 0 Å². The van der Waals surface area contributed by atoms with E-state index >= 15 is 0 Å². The van der Waals surface area contributed by atoms with Gasteiger partial charge in [0, 0.05) is 30.9 Å². The molecule has 2 nitrogen and oxygen atoms in total. The highest BCUT2D eigenvalue weighted by Gasteiger charge is 2.26. The fraction of sp³-hybridized carbons (Fsp3) is 0.667. The lowest BCUT2D eigenvalue weighted by molar-refractivity contribution is 0.210. The van der Waals surface area contributed by atoms with E-state index in [9.17, 15) is 0 Å². The van der Waals surface area contributed by atoms with Gasteiger partial charge in [-0.25, -0.2) is 0 Å². The molecule has 0 aliphatic heterocycles. The standard InChI is InChI=1S/C15H24N2/c1-12-6-5-7-13(2)15(12)17-11-9-14-8-3-4-10-16-14/h3-4,8,10,12-13,15,17H,5-7,9,11H2,1-2H3. The third kappa shape index (κ3) is 3.53. The Labute approximate surface area is 105 Å². The zero-order valence-corrected chi connectivity index (χ0v) is 11.0. The van der Waals surface area contributed by atoms with Crippen molar-refractivity contribution in [2.24, 2.45) is 11.8 Å². The molecule has 1 aromatic heterocycles. The maximum absolute atomic E-state index is 4.36. The fourth-order valence-electron chi connectivity index (χ4n) is 3.00. The second kappa shape index (κ2) is 6.15. The van der Waals surface area contributed by atoms with E-state index in [0.717, 1.165) is 24.8 Å².